The Hall–Kier alpha value is -2.54. The van der Waals surface area contributed by atoms with E-state index in [2.05, 4.69) is 15.9 Å². The minimum Gasteiger partial charge on any atom is -0.451 e. The van der Waals surface area contributed by atoms with Gasteiger partial charge in [0, 0.05) is 21.7 Å². The monoisotopic (exact) mass is 391 g/mol. The molecule has 0 aromatic heterocycles. The molecule has 0 radical (unpaired) electrons. The normalized spacial score (nSPS) is 11.6. The van der Waals surface area contributed by atoms with Crippen molar-refractivity contribution in [1.82, 2.24) is 0 Å². The molecule has 7 heteroatoms. The first-order valence-electron chi connectivity index (χ1n) is 7.05. The van der Waals surface area contributed by atoms with Crippen LogP contribution in [-0.4, -0.2) is 22.8 Å². The molecule has 0 aliphatic carbocycles. The smallest absolute Gasteiger partial charge is 0.338 e. The lowest BCUT2D eigenvalue weighted by atomic mass is 10.1. The van der Waals surface area contributed by atoms with E-state index >= 15 is 0 Å². The zero-order valence-electron chi connectivity index (χ0n) is 13.0. The molecule has 0 amide bonds. The van der Waals surface area contributed by atoms with Gasteiger partial charge in [-0.05, 0) is 38.1 Å². The number of nitro benzene ring substituents is 1. The first kappa shape index (κ1) is 17.8. The molecule has 2 aromatic carbocycles. The summed E-state index contributed by atoms with van der Waals surface area (Å²) >= 11 is 3.28. The van der Waals surface area contributed by atoms with E-state index < -0.39 is 17.0 Å². The Morgan fingerprint density at radius 3 is 2.25 bits per heavy atom. The lowest BCUT2D eigenvalue weighted by Gasteiger charge is -2.12. The van der Waals surface area contributed by atoms with E-state index in [4.69, 9.17) is 4.74 Å². The van der Waals surface area contributed by atoms with E-state index in [1.807, 2.05) is 0 Å². The van der Waals surface area contributed by atoms with E-state index in [0.717, 1.165) is 4.47 Å². The lowest BCUT2D eigenvalue weighted by Crippen LogP contribution is -2.24. The lowest BCUT2D eigenvalue weighted by molar-refractivity contribution is -0.385. The number of carbonyl (C=O) groups excluding carboxylic acids is 2. The van der Waals surface area contributed by atoms with Gasteiger partial charge in [-0.1, -0.05) is 28.1 Å². The van der Waals surface area contributed by atoms with Gasteiger partial charge in [0.05, 0.1) is 10.5 Å². The van der Waals surface area contributed by atoms with Crippen LogP contribution >= 0.6 is 15.9 Å². The first-order chi connectivity index (χ1) is 11.3. The molecule has 24 heavy (non-hydrogen) atoms. The number of ether oxygens (including phenoxy) is 1. The van der Waals surface area contributed by atoms with Crippen LogP contribution in [0.4, 0.5) is 5.69 Å². The van der Waals surface area contributed by atoms with Crippen molar-refractivity contribution in [3.63, 3.8) is 0 Å². The highest BCUT2D eigenvalue weighted by Crippen LogP contribution is 2.20. The third kappa shape index (κ3) is 4.05. The number of hydrogen-bond acceptors (Lipinski definition) is 5. The summed E-state index contributed by atoms with van der Waals surface area (Å²) in [5.41, 5.74) is 0.860. The number of ketones is 1. The largest absolute Gasteiger partial charge is 0.451 e. The molecule has 0 spiro atoms. The second kappa shape index (κ2) is 7.35. The van der Waals surface area contributed by atoms with Gasteiger partial charge >= 0.3 is 5.97 Å². The number of carbonyl (C=O) groups is 2. The third-order valence-electron chi connectivity index (χ3n) is 3.41. The highest BCUT2D eigenvalue weighted by Gasteiger charge is 2.21. The first-order valence-corrected chi connectivity index (χ1v) is 7.84. The van der Waals surface area contributed by atoms with Crippen LogP contribution in [0, 0.1) is 17.0 Å². The second-order valence-electron chi connectivity index (χ2n) is 5.18. The summed E-state index contributed by atoms with van der Waals surface area (Å²) in [6, 6.07) is 10.6. The Morgan fingerprint density at radius 2 is 1.71 bits per heavy atom. The highest BCUT2D eigenvalue weighted by molar-refractivity contribution is 9.10. The van der Waals surface area contributed by atoms with Crippen molar-refractivity contribution in [2.45, 2.75) is 20.0 Å². The number of Topliss-reactive ketones (excluding diaryl/α,β-unsaturated/α-hetero) is 1. The predicted octanol–water partition coefficient (Wildman–Crippen LogP) is 4.09. The van der Waals surface area contributed by atoms with Crippen LogP contribution in [0.2, 0.25) is 0 Å². The van der Waals surface area contributed by atoms with Gasteiger partial charge in [-0.2, -0.15) is 0 Å². The second-order valence-corrected chi connectivity index (χ2v) is 6.09. The maximum absolute atomic E-state index is 12.3. The number of hydrogen-bond donors (Lipinski definition) is 0. The van der Waals surface area contributed by atoms with Crippen LogP contribution in [0.5, 0.6) is 0 Å². The van der Waals surface area contributed by atoms with Crippen LogP contribution < -0.4 is 0 Å². The molecule has 2 aromatic rings. The minimum absolute atomic E-state index is 0.0782. The molecule has 0 saturated heterocycles. The van der Waals surface area contributed by atoms with Crippen molar-refractivity contribution in [3.05, 3.63) is 73.7 Å². The van der Waals surface area contributed by atoms with Gasteiger partial charge in [-0.25, -0.2) is 4.79 Å². The average Bonchev–Trinajstić information content (AvgIpc) is 2.54. The summed E-state index contributed by atoms with van der Waals surface area (Å²) in [6.45, 7) is 3.02. The van der Waals surface area contributed by atoms with Crippen molar-refractivity contribution in [1.29, 1.82) is 0 Å². The molecular weight excluding hydrogens is 378 g/mol. The number of nitro groups is 1. The van der Waals surface area contributed by atoms with Gasteiger partial charge in [0.2, 0.25) is 5.78 Å². The molecule has 2 rings (SSSR count). The van der Waals surface area contributed by atoms with Crippen LogP contribution in [0.3, 0.4) is 0 Å². The average molecular weight is 392 g/mol. The highest BCUT2D eigenvalue weighted by atomic mass is 79.9. The summed E-state index contributed by atoms with van der Waals surface area (Å²) in [7, 11) is 0. The quantitative estimate of drug-likeness (QED) is 0.331. The number of rotatable bonds is 5. The Kier molecular flexibility index (Phi) is 5.46. The maximum atomic E-state index is 12.3. The van der Waals surface area contributed by atoms with Gasteiger partial charge in [-0.15, -0.1) is 0 Å². The number of benzene rings is 2. The van der Waals surface area contributed by atoms with Gasteiger partial charge in [0.25, 0.3) is 5.69 Å². The van der Waals surface area contributed by atoms with Gasteiger partial charge < -0.3 is 4.74 Å². The molecule has 0 aliphatic rings. The molecule has 0 bridgehead atoms. The fourth-order valence-electron chi connectivity index (χ4n) is 2.12. The molecule has 0 unspecified atom stereocenters. The Labute approximate surface area is 146 Å². The number of esters is 1. The molecule has 0 saturated carbocycles. The number of nitrogens with zero attached hydrogens (tertiary/aromatic N) is 1. The van der Waals surface area contributed by atoms with E-state index in [9.17, 15) is 19.7 Å². The van der Waals surface area contributed by atoms with Gasteiger partial charge in [0.1, 0.15) is 0 Å². The van der Waals surface area contributed by atoms with Gasteiger partial charge in [-0.3, -0.25) is 14.9 Å². The fraction of sp³-hybridized carbons (Fsp3) is 0.176. The summed E-state index contributed by atoms with van der Waals surface area (Å²) < 4.78 is 6.01. The summed E-state index contributed by atoms with van der Waals surface area (Å²) in [4.78, 5) is 34.6. The molecule has 0 aliphatic heterocycles. The molecule has 6 nitrogen and oxygen atoms in total. The SMILES string of the molecule is Cc1cc(C(=O)O[C@H](C)C(=O)c2ccc(Br)cc2)ccc1[N+](=O)[O-]. The van der Waals surface area contributed by atoms with E-state index in [0.29, 0.717) is 11.1 Å². The van der Waals surface area contributed by atoms with Crippen LogP contribution in [0.1, 0.15) is 33.2 Å². The Balaban J connectivity index is 2.11. The van der Waals surface area contributed by atoms with E-state index in [-0.39, 0.29) is 17.0 Å². The van der Waals surface area contributed by atoms with Crippen LogP contribution in [0.25, 0.3) is 0 Å². The van der Waals surface area contributed by atoms with Crippen LogP contribution in [0.15, 0.2) is 46.9 Å². The predicted molar refractivity (Wildman–Crippen MR) is 91.2 cm³/mol. The Bertz CT molecular complexity index is 801. The molecule has 1 atom stereocenters. The van der Waals surface area contributed by atoms with Crippen molar-refractivity contribution in [2.75, 3.05) is 0 Å². The van der Waals surface area contributed by atoms with Crippen molar-refractivity contribution in [3.8, 4) is 0 Å². The number of aryl methyl sites for hydroxylation is 1. The fourth-order valence-corrected chi connectivity index (χ4v) is 2.38. The van der Waals surface area contributed by atoms with E-state index in [1.54, 1.807) is 24.3 Å². The molecule has 0 fully saturated rings. The van der Waals surface area contributed by atoms with Crippen LogP contribution in [-0.2, 0) is 4.74 Å². The number of halogens is 1. The summed E-state index contributed by atoms with van der Waals surface area (Å²) in [5.74, 6) is -1.03. The van der Waals surface area contributed by atoms with E-state index in [1.165, 1.54) is 32.0 Å². The third-order valence-corrected chi connectivity index (χ3v) is 3.94. The zero-order valence-corrected chi connectivity index (χ0v) is 14.6. The topological polar surface area (TPSA) is 86.5 Å². The molecule has 124 valence electrons. The zero-order chi connectivity index (χ0) is 17.9. The molecule has 0 N–H and O–H groups in total. The Morgan fingerprint density at radius 1 is 1.12 bits per heavy atom. The minimum atomic E-state index is -0.964. The summed E-state index contributed by atoms with van der Waals surface area (Å²) in [6.07, 6.45) is -0.964. The summed E-state index contributed by atoms with van der Waals surface area (Å²) in [5, 5.41) is 10.8. The van der Waals surface area contributed by atoms with Crippen molar-refractivity contribution >= 4 is 33.4 Å². The maximum Gasteiger partial charge on any atom is 0.338 e. The van der Waals surface area contributed by atoms with Crippen molar-refractivity contribution < 1.29 is 19.2 Å². The molecular formula is C17H14BrNO5. The standard InChI is InChI=1S/C17H14BrNO5/c1-10-9-13(5-8-15(10)19(22)23)17(21)24-11(2)16(20)12-3-6-14(18)7-4-12/h3-9,11H,1-2H3/t11-/m1/s1. The molecule has 0 heterocycles. The van der Waals surface area contributed by atoms with Gasteiger partial charge in [0.15, 0.2) is 6.10 Å². The van der Waals surface area contributed by atoms with Crippen molar-refractivity contribution in [2.24, 2.45) is 0 Å².